The van der Waals surface area contributed by atoms with Crippen molar-refractivity contribution < 1.29 is 24.2 Å². The van der Waals surface area contributed by atoms with Gasteiger partial charge in [-0.1, -0.05) is 62.4 Å². The van der Waals surface area contributed by atoms with Gasteiger partial charge in [-0.25, -0.2) is 4.79 Å². The Bertz CT molecular complexity index is 1060. The molecule has 2 aliphatic rings. The Balaban J connectivity index is 1.40. The van der Waals surface area contributed by atoms with Gasteiger partial charge in [0.2, 0.25) is 5.91 Å². The number of piperidine rings is 1. The molecule has 0 aromatic heterocycles. The molecule has 2 aromatic carbocycles. The minimum Gasteiger partial charge on any atom is -0.481 e. The van der Waals surface area contributed by atoms with E-state index in [1.807, 2.05) is 38.1 Å². The number of amides is 2. The van der Waals surface area contributed by atoms with Crippen LogP contribution >= 0.6 is 0 Å². The Kier molecular flexibility index (Phi) is 7.15. The number of benzene rings is 2. The van der Waals surface area contributed by atoms with Crippen LogP contribution < -0.4 is 5.32 Å². The van der Waals surface area contributed by atoms with Gasteiger partial charge in [-0.15, -0.1) is 0 Å². The van der Waals surface area contributed by atoms with Gasteiger partial charge in [-0.05, 0) is 54.4 Å². The molecule has 35 heavy (non-hydrogen) atoms. The lowest BCUT2D eigenvalue weighted by Crippen LogP contribution is -2.53. The summed E-state index contributed by atoms with van der Waals surface area (Å²) >= 11 is 0. The average molecular weight is 479 g/mol. The molecular weight excluding hydrogens is 444 g/mol. The van der Waals surface area contributed by atoms with Crippen molar-refractivity contribution in [3.8, 4) is 11.1 Å². The second-order valence-corrected chi connectivity index (χ2v) is 10.3. The highest BCUT2D eigenvalue weighted by molar-refractivity contribution is 5.86. The van der Waals surface area contributed by atoms with Gasteiger partial charge in [-0.3, -0.25) is 9.59 Å². The summed E-state index contributed by atoms with van der Waals surface area (Å²) < 4.78 is 5.66. The van der Waals surface area contributed by atoms with Gasteiger partial charge in [0.05, 0.1) is 5.41 Å². The van der Waals surface area contributed by atoms with Crippen LogP contribution in [0.2, 0.25) is 0 Å². The number of hydrogen-bond acceptors (Lipinski definition) is 4. The number of nitrogens with zero attached hydrogens (tertiary/aromatic N) is 1. The lowest BCUT2D eigenvalue weighted by atomic mass is 9.80. The minimum absolute atomic E-state index is 0.0526. The maximum absolute atomic E-state index is 13.2. The van der Waals surface area contributed by atoms with Gasteiger partial charge in [0.1, 0.15) is 12.6 Å². The molecule has 1 aliphatic carbocycles. The molecule has 2 amide bonds. The van der Waals surface area contributed by atoms with Gasteiger partial charge >= 0.3 is 12.1 Å². The van der Waals surface area contributed by atoms with Crippen LogP contribution in [0.5, 0.6) is 0 Å². The smallest absolute Gasteiger partial charge is 0.407 e. The number of ether oxygens (including phenoxy) is 1. The number of fused-ring (bicyclic) bond motifs is 3. The molecule has 2 aromatic rings. The van der Waals surface area contributed by atoms with Crippen molar-refractivity contribution in [2.75, 3.05) is 19.7 Å². The van der Waals surface area contributed by atoms with Gasteiger partial charge in [0, 0.05) is 19.0 Å². The van der Waals surface area contributed by atoms with Crippen molar-refractivity contribution in [2.45, 2.75) is 52.0 Å². The molecule has 7 heteroatoms. The van der Waals surface area contributed by atoms with E-state index in [4.69, 9.17) is 4.74 Å². The molecule has 0 radical (unpaired) electrons. The predicted octanol–water partition coefficient (Wildman–Crippen LogP) is 4.65. The summed E-state index contributed by atoms with van der Waals surface area (Å²) in [6.45, 7) is 6.63. The van der Waals surface area contributed by atoms with E-state index in [1.165, 1.54) is 0 Å². The van der Waals surface area contributed by atoms with Crippen molar-refractivity contribution in [2.24, 2.45) is 11.3 Å². The number of alkyl carbamates (subject to hydrolysis) is 1. The summed E-state index contributed by atoms with van der Waals surface area (Å²) in [6.07, 6.45) is 0.662. The predicted molar refractivity (Wildman–Crippen MR) is 133 cm³/mol. The van der Waals surface area contributed by atoms with Gasteiger partial charge in [-0.2, -0.15) is 0 Å². The zero-order valence-electron chi connectivity index (χ0n) is 20.6. The van der Waals surface area contributed by atoms with E-state index in [-0.39, 0.29) is 24.3 Å². The highest BCUT2D eigenvalue weighted by atomic mass is 16.5. The number of nitrogens with one attached hydrogen (secondary N) is 1. The SMILES string of the molecule is CC(C)C[C@H](NC(=O)OCC1c2ccccc2-c2ccccc21)C(=O)N1CCC(C)(C(=O)O)CC1. The fourth-order valence-electron chi connectivity index (χ4n) is 5.13. The van der Waals surface area contributed by atoms with Crippen molar-refractivity contribution in [1.29, 1.82) is 0 Å². The fraction of sp³-hybridized carbons (Fsp3) is 0.464. The Labute approximate surface area is 206 Å². The first kappa shape index (κ1) is 24.8. The highest BCUT2D eigenvalue weighted by Crippen LogP contribution is 2.44. The number of carboxylic acid groups (broad SMARTS) is 1. The minimum atomic E-state index is -0.833. The van der Waals surface area contributed by atoms with Gasteiger partial charge in [0.25, 0.3) is 0 Å². The van der Waals surface area contributed by atoms with Crippen LogP contribution in [0.25, 0.3) is 11.1 Å². The van der Waals surface area contributed by atoms with Crippen LogP contribution in [0, 0.1) is 11.3 Å². The van der Waals surface area contributed by atoms with Crippen molar-refractivity contribution >= 4 is 18.0 Å². The summed E-state index contributed by atoms with van der Waals surface area (Å²) in [5.41, 5.74) is 3.76. The largest absolute Gasteiger partial charge is 0.481 e. The van der Waals surface area contributed by atoms with Crippen molar-refractivity contribution in [1.82, 2.24) is 10.2 Å². The molecule has 4 rings (SSSR count). The first-order valence-corrected chi connectivity index (χ1v) is 12.3. The molecule has 0 unspecified atom stereocenters. The molecule has 0 bridgehead atoms. The monoisotopic (exact) mass is 478 g/mol. The van der Waals surface area contributed by atoms with Crippen molar-refractivity contribution in [3.05, 3.63) is 59.7 Å². The third kappa shape index (κ3) is 5.19. The molecule has 186 valence electrons. The number of carbonyl (C=O) groups excluding carboxylic acids is 2. The number of aliphatic carboxylic acids is 1. The third-order valence-electron chi connectivity index (χ3n) is 7.34. The maximum atomic E-state index is 13.2. The second kappa shape index (κ2) is 10.1. The molecule has 1 fully saturated rings. The first-order chi connectivity index (χ1) is 16.7. The van der Waals surface area contributed by atoms with E-state index in [0.717, 1.165) is 22.3 Å². The van der Waals surface area contributed by atoms with Crippen LogP contribution in [-0.4, -0.2) is 53.7 Å². The van der Waals surface area contributed by atoms with E-state index >= 15 is 0 Å². The molecule has 0 saturated carbocycles. The lowest BCUT2D eigenvalue weighted by Gasteiger charge is -2.38. The average Bonchev–Trinajstić information content (AvgIpc) is 3.16. The first-order valence-electron chi connectivity index (χ1n) is 12.3. The number of rotatable bonds is 7. The lowest BCUT2D eigenvalue weighted by molar-refractivity contribution is -0.153. The van der Waals surface area contributed by atoms with Crippen LogP contribution in [0.3, 0.4) is 0 Å². The molecule has 0 spiro atoms. The Morgan fingerprint density at radius 1 is 1.03 bits per heavy atom. The second-order valence-electron chi connectivity index (χ2n) is 10.3. The van der Waals surface area contributed by atoms with E-state index in [0.29, 0.717) is 32.4 Å². The molecular formula is C28H34N2O5. The maximum Gasteiger partial charge on any atom is 0.407 e. The van der Waals surface area contributed by atoms with Gasteiger partial charge in [0.15, 0.2) is 0 Å². The summed E-state index contributed by atoms with van der Waals surface area (Å²) in [4.78, 5) is 39.3. The molecule has 1 saturated heterocycles. The Morgan fingerprint density at radius 3 is 2.09 bits per heavy atom. The standard InChI is InChI=1S/C28H34N2O5/c1-18(2)16-24(25(31)30-14-12-28(3,13-15-30)26(32)33)29-27(34)35-17-23-21-10-6-4-8-19(21)20-9-5-7-11-22(20)23/h4-11,18,23-24H,12-17H2,1-3H3,(H,29,34)(H,32,33)/t24-/m0/s1. The molecule has 1 aliphatic heterocycles. The van der Waals surface area contributed by atoms with E-state index in [1.54, 1.807) is 11.8 Å². The summed E-state index contributed by atoms with van der Waals surface area (Å²) in [5, 5.41) is 12.3. The summed E-state index contributed by atoms with van der Waals surface area (Å²) in [7, 11) is 0. The quantitative estimate of drug-likeness (QED) is 0.604. The summed E-state index contributed by atoms with van der Waals surface area (Å²) in [5.74, 6) is -0.880. The van der Waals surface area contributed by atoms with Gasteiger partial charge < -0.3 is 20.1 Å². The molecule has 7 nitrogen and oxygen atoms in total. The molecule has 1 heterocycles. The highest BCUT2D eigenvalue weighted by Gasteiger charge is 2.39. The zero-order valence-corrected chi connectivity index (χ0v) is 20.6. The number of hydrogen-bond donors (Lipinski definition) is 2. The third-order valence-corrected chi connectivity index (χ3v) is 7.34. The van der Waals surface area contributed by atoms with E-state index in [2.05, 4.69) is 29.6 Å². The number of likely N-dealkylation sites (tertiary alicyclic amines) is 1. The van der Waals surface area contributed by atoms with E-state index < -0.39 is 23.5 Å². The van der Waals surface area contributed by atoms with E-state index in [9.17, 15) is 19.5 Å². The molecule has 1 atom stereocenters. The Hall–Kier alpha value is -3.35. The normalized spacial score (nSPS) is 17.4. The van der Waals surface area contributed by atoms with Crippen LogP contribution in [0.1, 0.15) is 57.1 Å². The van der Waals surface area contributed by atoms with Crippen molar-refractivity contribution in [3.63, 3.8) is 0 Å². The number of carbonyl (C=O) groups is 3. The number of carboxylic acids is 1. The van der Waals surface area contributed by atoms with Crippen LogP contribution in [-0.2, 0) is 14.3 Å². The Morgan fingerprint density at radius 2 is 1.57 bits per heavy atom. The van der Waals surface area contributed by atoms with Crippen LogP contribution in [0.15, 0.2) is 48.5 Å². The fourth-order valence-corrected chi connectivity index (χ4v) is 5.13. The molecule has 2 N–H and O–H groups in total. The summed E-state index contributed by atoms with van der Waals surface area (Å²) in [6, 6.07) is 15.6. The zero-order chi connectivity index (χ0) is 25.2. The van der Waals surface area contributed by atoms with Crippen LogP contribution in [0.4, 0.5) is 4.79 Å². The topological polar surface area (TPSA) is 95.9 Å².